The number of hydrogen-bond acceptors (Lipinski definition) is 2. The average Bonchev–Trinajstić information content (AvgIpc) is 2.49. The summed E-state index contributed by atoms with van der Waals surface area (Å²) in [5, 5.41) is 11.4. The normalized spacial score (nSPS) is 12.7. The maximum atomic E-state index is 9.83. The van der Waals surface area contributed by atoms with Gasteiger partial charge in [0.1, 0.15) is 0 Å². The summed E-state index contributed by atoms with van der Waals surface area (Å²) in [6.07, 6.45) is 1.69. The lowest BCUT2D eigenvalue weighted by atomic mass is 10.1. The van der Waals surface area contributed by atoms with Crippen LogP contribution >= 0.6 is 11.6 Å². The fraction of sp³-hybridized carbons (Fsp3) is 0.308. The van der Waals surface area contributed by atoms with Crippen LogP contribution in [0.15, 0.2) is 23.2 Å². The van der Waals surface area contributed by atoms with E-state index in [4.69, 9.17) is 11.6 Å². The SMILES string of the molecule is CC(C)(C)N=Cc1c(O)[nH]c2ccc(Cl)cc12. The minimum atomic E-state index is -0.172. The molecule has 3 nitrogen and oxygen atoms in total. The molecule has 17 heavy (non-hydrogen) atoms. The number of benzene rings is 1. The van der Waals surface area contributed by atoms with Crippen LogP contribution < -0.4 is 0 Å². The molecule has 1 heterocycles. The summed E-state index contributed by atoms with van der Waals surface area (Å²) >= 11 is 5.95. The van der Waals surface area contributed by atoms with Crippen molar-refractivity contribution in [2.24, 2.45) is 4.99 Å². The maximum absolute atomic E-state index is 9.83. The minimum absolute atomic E-state index is 0.121. The van der Waals surface area contributed by atoms with E-state index in [2.05, 4.69) is 9.98 Å². The molecule has 0 spiro atoms. The molecule has 0 atom stereocenters. The summed E-state index contributed by atoms with van der Waals surface area (Å²) in [7, 11) is 0. The Hall–Kier alpha value is -1.48. The monoisotopic (exact) mass is 250 g/mol. The van der Waals surface area contributed by atoms with E-state index in [-0.39, 0.29) is 11.4 Å². The quantitative estimate of drug-likeness (QED) is 0.744. The lowest BCUT2D eigenvalue weighted by Crippen LogP contribution is -2.09. The van der Waals surface area contributed by atoms with Crippen LogP contribution in [0.3, 0.4) is 0 Å². The number of hydrogen-bond donors (Lipinski definition) is 2. The molecule has 4 heteroatoms. The Bertz CT molecular complexity index is 579. The van der Waals surface area contributed by atoms with Gasteiger partial charge < -0.3 is 10.1 Å². The zero-order valence-corrected chi connectivity index (χ0v) is 10.8. The molecule has 0 unspecified atom stereocenters. The Kier molecular flexibility index (Phi) is 2.87. The van der Waals surface area contributed by atoms with Gasteiger partial charge in [-0.2, -0.15) is 0 Å². The number of rotatable bonds is 1. The van der Waals surface area contributed by atoms with Crippen molar-refractivity contribution in [2.75, 3.05) is 0 Å². The Morgan fingerprint density at radius 1 is 1.35 bits per heavy atom. The molecule has 0 saturated heterocycles. The first-order valence-electron chi connectivity index (χ1n) is 5.42. The van der Waals surface area contributed by atoms with E-state index < -0.39 is 0 Å². The standard InChI is InChI=1S/C13H15ClN2O/c1-13(2,3)15-7-10-9-6-8(14)4-5-11(9)16-12(10)17/h4-7,16-17H,1-3H3. The first-order valence-corrected chi connectivity index (χ1v) is 5.80. The van der Waals surface area contributed by atoms with E-state index in [1.807, 2.05) is 32.9 Å². The second-order valence-electron chi connectivity index (χ2n) is 5.01. The molecular weight excluding hydrogens is 236 g/mol. The van der Waals surface area contributed by atoms with Crippen molar-refractivity contribution in [3.8, 4) is 5.88 Å². The molecule has 0 fully saturated rings. The molecule has 2 aromatic rings. The summed E-state index contributed by atoms with van der Waals surface area (Å²) < 4.78 is 0. The maximum Gasteiger partial charge on any atom is 0.198 e. The van der Waals surface area contributed by atoms with Crippen LogP contribution in [0.25, 0.3) is 10.9 Å². The number of nitrogens with one attached hydrogen (secondary N) is 1. The molecule has 0 bridgehead atoms. The summed E-state index contributed by atoms with van der Waals surface area (Å²) in [5.41, 5.74) is 1.36. The number of H-pyrrole nitrogens is 1. The molecule has 0 saturated carbocycles. The van der Waals surface area contributed by atoms with E-state index in [1.165, 1.54) is 0 Å². The van der Waals surface area contributed by atoms with E-state index in [0.717, 1.165) is 10.9 Å². The lowest BCUT2D eigenvalue weighted by molar-refractivity contribution is 0.457. The summed E-state index contributed by atoms with van der Waals surface area (Å²) in [6, 6.07) is 5.44. The highest BCUT2D eigenvalue weighted by atomic mass is 35.5. The smallest absolute Gasteiger partial charge is 0.198 e. The van der Waals surface area contributed by atoms with Crippen molar-refractivity contribution in [3.05, 3.63) is 28.8 Å². The van der Waals surface area contributed by atoms with Crippen LogP contribution in [0.5, 0.6) is 5.88 Å². The number of halogens is 1. The van der Waals surface area contributed by atoms with Gasteiger partial charge in [0.2, 0.25) is 0 Å². The Morgan fingerprint density at radius 2 is 2.06 bits per heavy atom. The zero-order valence-electron chi connectivity index (χ0n) is 10.1. The van der Waals surface area contributed by atoms with Gasteiger partial charge in [-0.1, -0.05) is 11.6 Å². The van der Waals surface area contributed by atoms with Gasteiger partial charge in [0.05, 0.1) is 11.1 Å². The largest absolute Gasteiger partial charge is 0.494 e. The molecule has 2 rings (SSSR count). The van der Waals surface area contributed by atoms with Crippen LogP contribution in [0.1, 0.15) is 26.3 Å². The first-order chi connectivity index (χ1) is 7.87. The predicted molar refractivity (Wildman–Crippen MR) is 72.3 cm³/mol. The van der Waals surface area contributed by atoms with Crippen molar-refractivity contribution >= 4 is 28.7 Å². The predicted octanol–water partition coefficient (Wildman–Crippen LogP) is 3.74. The van der Waals surface area contributed by atoms with Crippen molar-refractivity contribution in [1.29, 1.82) is 0 Å². The zero-order chi connectivity index (χ0) is 12.6. The lowest BCUT2D eigenvalue weighted by Gasteiger charge is -2.10. The van der Waals surface area contributed by atoms with Crippen molar-refractivity contribution in [3.63, 3.8) is 0 Å². The van der Waals surface area contributed by atoms with Crippen molar-refractivity contribution in [2.45, 2.75) is 26.3 Å². The van der Waals surface area contributed by atoms with Gasteiger partial charge in [-0.25, -0.2) is 0 Å². The molecule has 0 radical (unpaired) electrons. The minimum Gasteiger partial charge on any atom is -0.494 e. The Labute approximate surface area is 105 Å². The van der Waals surface area contributed by atoms with Gasteiger partial charge in [0.15, 0.2) is 5.88 Å². The Balaban J connectivity index is 2.56. The number of aliphatic imine (C=N–C) groups is 1. The number of aromatic hydroxyl groups is 1. The fourth-order valence-corrected chi connectivity index (χ4v) is 1.73. The number of aromatic amines is 1. The van der Waals surface area contributed by atoms with Crippen molar-refractivity contribution in [1.82, 2.24) is 4.98 Å². The van der Waals surface area contributed by atoms with Crippen LogP contribution in [0, 0.1) is 0 Å². The molecule has 0 aliphatic heterocycles. The van der Waals surface area contributed by atoms with Crippen molar-refractivity contribution < 1.29 is 5.11 Å². The molecule has 1 aromatic heterocycles. The topological polar surface area (TPSA) is 48.4 Å². The number of aromatic nitrogens is 1. The average molecular weight is 251 g/mol. The Morgan fingerprint density at radius 3 is 2.71 bits per heavy atom. The molecule has 0 amide bonds. The van der Waals surface area contributed by atoms with Crippen LogP contribution in [-0.2, 0) is 0 Å². The van der Waals surface area contributed by atoms with E-state index in [0.29, 0.717) is 10.6 Å². The summed E-state index contributed by atoms with van der Waals surface area (Å²) in [5.74, 6) is 0.121. The van der Waals surface area contributed by atoms with Crippen LogP contribution in [0.4, 0.5) is 0 Å². The second-order valence-corrected chi connectivity index (χ2v) is 5.44. The second kappa shape index (κ2) is 4.08. The van der Waals surface area contributed by atoms with E-state index in [9.17, 15) is 5.11 Å². The molecule has 2 N–H and O–H groups in total. The molecular formula is C13H15ClN2O. The molecule has 0 aliphatic rings. The van der Waals surface area contributed by atoms with Gasteiger partial charge >= 0.3 is 0 Å². The van der Waals surface area contributed by atoms with Crippen LogP contribution in [0.2, 0.25) is 5.02 Å². The molecule has 1 aromatic carbocycles. The van der Waals surface area contributed by atoms with Gasteiger partial charge in [-0.3, -0.25) is 4.99 Å². The van der Waals surface area contributed by atoms with Gasteiger partial charge in [0, 0.05) is 22.1 Å². The summed E-state index contributed by atoms with van der Waals surface area (Å²) in [4.78, 5) is 7.29. The van der Waals surface area contributed by atoms with Gasteiger partial charge in [-0.15, -0.1) is 0 Å². The third-order valence-corrected chi connectivity index (χ3v) is 2.60. The number of fused-ring (bicyclic) bond motifs is 1. The highest BCUT2D eigenvalue weighted by Gasteiger charge is 2.11. The van der Waals surface area contributed by atoms with Crippen LogP contribution in [-0.4, -0.2) is 21.8 Å². The van der Waals surface area contributed by atoms with E-state index >= 15 is 0 Å². The highest BCUT2D eigenvalue weighted by molar-refractivity contribution is 6.31. The molecule has 90 valence electrons. The van der Waals surface area contributed by atoms with E-state index in [1.54, 1.807) is 12.3 Å². The molecule has 0 aliphatic carbocycles. The summed E-state index contributed by atoms with van der Waals surface area (Å²) in [6.45, 7) is 6.01. The third kappa shape index (κ3) is 2.61. The van der Waals surface area contributed by atoms with Gasteiger partial charge in [0.25, 0.3) is 0 Å². The van der Waals surface area contributed by atoms with Gasteiger partial charge in [-0.05, 0) is 39.0 Å². The number of nitrogens with zero attached hydrogens (tertiary/aromatic N) is 1. The third-order valence-electron chi connectivity index (χ3n) is 2.36. The fourth-order valence-electron chi connectivity index (χ4n) is 1.56. The highest BCUT2D eigenvalue weighted by Crippen LogP contribution is 2.28. The first kappa shape index (κ1) is 12.0.